The van der Waals surface area contributed by atoms with Gasteiger partial charge in [0.1, 0.15) is 5.01 Å². The number of hydrogen-bond acceptors (Lipinski definition) is 4. The lowest BCUT2D eigenvalue weighted by Crippen LogP contribution is -2.36. The third kappa shape index (κ3) is 2.47. The van der Waals surface area contributed by atoms with Crippen molar-refractivity contribution in [3.63, 3.8) is 0 Å². The number of aromatic nitrogens is 1. The molecule has 1 atom stereocenters. The molecular weight excluding hydrogens is 266 g/mol. The number of nitrogens with zero attached hydrogens (tertiary/aromatic N) is 2. The van der Waals surface area contributed by atoms with E-state index in [-0.39, 0.29) is 0 Å². The van der Waals surface area contributed by atoms with Crippen LogP contribution in [0.25, 0.3) is 15.8 Å². The highest BCUT2D eigenvalue weighted by Crippen LogP contribution is 2.32. The zero-order valence-corrected chi connectivity index (χ0v) is 12.5. The maximum Gasteiger partial charge on any atom is 0.120 e. The van der Waals surface area contributed by atoms with E-state index in [1.807, 2.05) is 18.2 Å². The lowest BCUT2D eigenvalue weighted by molar-refractivity contribution is 0.412. The predicted molar refractivity (Wildman–Crippen MR) is 83.6 cm³/mol. The molecule has 0 saturated heterocycles. The Morgan fingerprint density at radius 1 is 1.45 bits per heavy atom. The van der Waals surface area contributed by atoms with Crippen molar-refractivity contribution in [2.75, 3.05) is 6.54 Å². The SMILES string of the molecule is CC(C)C1CC(c2nc3cc(C#N)ccc3s2)=CCN1. The Bertz CT molecular complexity index is 706. The molecule has 20 heavy (non-hydrogen) atoms. The molecule has 0 amide bonds. The second-order valence-electron chi connectivity index (χ2n) is 5.51. The maximum atomic E-state index is 8.95. The standard InChI is InChI=1S/C16H17N3S/c1-10(2)13-8-12(5-6-18-13)16-19-14-7-11(9-17)3-4-15(14)20-16/h3-5,7,10,13,18H,6,8H2,1-2H3. The van der Waals surface area contributed by atoms with Crippen LogP contribution in [0.5, 0.6) is 0 Å². The van der Waals surface area contributed by atoms with E-state index in [0.29, 0.717) is 17.5 Å². The quantitative estimate of drug-likeness (QED) is 0.916. The lowest BCUT2D eigenvalue weighted by atomic mass is 9.94. The first-order chi connectivity index (χ1) is 9.67. The molecule has 0 aliphatic carbocycles. The molecule has 2 heterocycles. The molecule has 0 radical (unpaired) electrons. The summed E-state index contributed by atoms with van der Waals surface area (Å²) in [6.45, 7) is 5.41. The molecular formula is C16H17N3S. The fourth-order valence-electron chi connectivity index (χ4n) is 2.51. The van der Waals surface area contributed by atoms with Crippen molar-refractivity contribution in [1.29, 1.82) is 5.26 Å². The van der Waals surface area contributed by atoms with Crippen LogP contribution in [0.4, 0.5) is 0 Å². The van der Waals surface area contributed by atoms with E-state index in [4.69, 9.17) is 10.2 Å². The lowest BCUT2D eigenvalue weighted by Gasteiger charge is -2.26. The summed E-state index contributed by atoms with van der Waals surface area (Å²) < 4.78 is 1.15. The number of fused-ring (bicyclic) bond motifs is 1. The molecule has 3 nitrogen and oxygen atoms in total. The maximum absolute atomic E-state index is 8.95. The molecule has 0 bridgehead atoms. The minimum atomic E-state index is 0.525. The first-order valence-electron chi connectivity index (χ1n) is 6.91. The monoisotopic (exact) mass is 283 g/mol. The third-order valence-electron chi connectivity index (χ3n) is 3.76. The second-order valence-corrected chi connectivity index (χ2v) is 6.54. The van der Waals surface area contributed by atoms with Crippen LogP contribution in [-0.4, -0.2) is 17.6 Å². The fourth-order valence-corrected chi connectivity index (χ4v) is 3.50. The van der Waals surface area contributed by atoms with Crippen LogP contribution in [0.15, 0.2) is 24.3 Å². The fraction of sp³-hybridized carbons (Fsp3) is 0.375. The van der Waals surface area contributed by atoms with Crippen LogP contribution in [0.3, 0.4) is 0 Å². The average Bonchev–Trinajstić information content (AvgIpc) is 2.90. The number of nitrogens with one attached hydrogen (secondary N) is 1. The van der Waals surface area contributed by atoms with Crippen LogP contribution >= 0.6 is 11.3 Å². The van der Waals surface area contributed by atoms with E-state index in [1.165, 1.54) is 5.57 Å². The van der Waals surface area contributed by atoms with Gasteiger partial charge in [0.05, 0.1) is 21.8 Å². The molecule has 1 aliphatic heterocycles. The summed E-state index contributed by atoms with van der Waals surface area (Å²) in [6, 6.07) is 8.42. The summed E-state index contributed by atoms with van der Waals surface area (Å²) in [5, 5.41) is 13.6. The van der Waals surface area contributed by atoms with Gasteiger partial charge < -0.3 is 5.32 Å². The van der Waals surface area contributed by atoms with Gasteiger partial charge in [-0.1, -0.05) is 19.9 Å². The molecule has 1 unspecified atom stereocenters. The Morgan fingerprint density at radius 2 is 2.30 bits per heavy atom. The van der Waals surface area contributed by atoms with Gasteiger partial charge in [0, 0.05) is 12.6 Å². The van der Waals surface area contributed by atoms with E-state index in [1.54, 1.807) is 11.3 Å². The Kier molecular flexibility index (Phi) is 3.56. The summed E-state index contributed by atoms with van der Waals surface area (Å²) in [5.41, 5.74) is 2.94. The van der Waals surface area contributed by atoms with Gasteiger partial charge in [-0.3, -0.25) is 0 Å². The molecule has 0 spiro atoms. The van der Waals surface area contributed by atoms with Crippen molar-refractivity contribution < 1.29 is 0 Å². The Hall–Kier alpha value is -1.70. The van der Waals surface area contributed by atoms with Crippen molar-refractivity contribution in [2.45, 2.75) is 26.3 Å². The molecule has 1 aliphatic rings. The van der Waals surface area contributed by atoms with Crippen LogP contribution in [-0.2, 0) is 0 Å². The average molecular weight is 283 g/mol. The second kappa shape index (κ2) is 5.35. The highest BCUT2D eigenvalue weighted by Gasteiger charge is 2.20. The summed E-state index contributed by atoms with van der Waals surface area (Å²) in [5.74, 6) is 0.623. The molecule has 0 saturated carbocycles. The van der Waals surface area contributed by atoms with Crippen LogP contribution in [0.1, 0.15) is 30.8 Å². The van der Waals surface area contributed by atoms with Crippen molar-refractivity contribution in [2.24, 2.45) is 5.92 Å². The number of hydrogen-bond donors (Lipinski definition) is 1. The molecule has 0 fully saturated rings. The van der Waals surface area contributed by atoms with E-state index >= 15 is 0 Å². The smallest absolute Gasteiger partial charge is 0.120 e. The van der Waals surface area contributed by atoms with Gasteiger partial charge in [0.15, 0.2) is 0 Å². The Labute approximate surface area is 123 Å². The number of thiazole rings is 1. The van der Waals surface area contributed by atoms with E-state index in [9.17, 15) is 0 Å². The van der Waals surface area contributed by atoms with Crippen LogP contribution in [0.2, 0.25) is 0 Å². The van der Waals surface area contributed by atoms with Gasteiger partial charge in [-0.25, -0.2) is 4.98 Å². The summed E-state index contributed by atoms with van der Waals surface area (Å²) >= 11 is 1.72. The van der Waals surface area contributed by atoms with Crippen molar-refractivity contribution in [3.8, 4) is 6.07 Å². The van der Waals surface area contributed by atoms with Crippen molar-refractivity contribution in [3.05, 3.63) is 34.8 Å². The van der Waals surface area contributed by atoms with E-state index in [0.717, 1.165) is 28.2 Å². The number of benzene rings is 1. The van der Waals surface area contributed by atoms with Gasteiger partial charge in [-0.05, 0) is 36.1 Å². The molecule has 1 N–H and O–H groups in total. The normalized spacial score (nSPS) is 19.1. The molecule has 4 heteroatoms. The van der Waals surface area contributed by atoms with E-state index in [2.05, 4.69) is 31.3 Å². The number of rotatable bonds is 2. The Balaban J connectivity index is 1.94. The van der Waals surface area contributed by atoms with Crippen molar-refractivity contribution in [1.82, 2.24) is 10.3 Å². The zero-order chi connectivity index (χ0) is 14.1. The highest BCUT2D eigenvalue weighted by atomic mass is 32.1. The molecule has 102 valence electrons. The van der Waals surface area contributed by atoms with Gasteiger partial charge in [-0.15, -0.1) is 11.3 Å². The summed E-state index contributed by atoms with van der Waals surface area (Å²) in [4.78, 5) is 4.71. The zero-order valence-electron chi connectivity index (χ0n) is 11.7. The minimum absolute atomic E-state index is 0.525. The predicted octanol–water partition coefficient (Wildman–Crippen LogP) is 3.57. The van der Waals surface area contributed by atoms with Crippen LogP contribution in [0, 0.1) is 17.2 Å². The third-order valence-corrected chi connectivity index (χ3v) is 4.88. The summed E-state index contributed by atoms with van der Waals surface area (Å²) in [6.07, 6.45) is 3.27. The van der Waals surface area contributed by atoms with Crippen molar-refractivity contribution >= 4 is 27.1 Å². The molecule has 3 rings (SSSR count). The molecule has 1 aromatic carbocycles. The molecule has 2 aromatic rings. The minimum Gasteiger partial charge on any atom is -0.310 e. The first kappa shape index (κ1) is 13.3. The van der Waals surface area contributed by atoms with Gasteiger partial charge in [0.2, 0.25) is 0 Å². The molecule has 1 aromatic heterocycles. The van der Waals surface area contributed by atoms with Gasteiger partial charge >= 0.3 is 0 Å². The van der Waals surface area contributed by atoms with Crippen LogP contribution < -0.4 is 5.32 Å². The number of nitriles is 1. The van der Waals surface area contributed by atoms with Gasteiger partial charge in [-0.2, -0.15) is 5.26 Å². The first-order valence-corrected chi connectivity index (χ1v) is 7.72. The summed E-state index contributed by atoms with van der Waals surface area (Å²) in [7, 11) is 0. The largest absolute Gasteiger partial charge is 0.310 e. The highest BCUT2D eigenvalue weighted by molar-refractivity contribution is 7.19. The van der Waals surface area contributed by atoms with E-state index < -0.39 is 0 Å². The Morgan fingerprint density at radius 3 is 3.05 bits per heavy atom. The van der Waals surface area contributed by atoms with Gasteiger partial charge in [0.25, 0.3) is 0 Å². The topological polar surface area (TPSA) is 48.7 Å².